The molecule has 0 saturated heterocycles. The van der Waals surface area contributed by atoms with Crippen molar-refractivity contribution in [3.63, 3.8) is 0 Å². The number of ether oxygens (including phenoxy) is 4. The summed E-state index contributed by atoms with van der Waals surface area (Å²) in [4.78, 5) is 13.5. The summed E-state index contributed by atoms with van der Waals surface area (Å²) in [5.41, 5.74) is 0.469. The molecule has 0 N–H and O–H groups in total. The average Bonchev–Trinajstić information content (AvgIpc) is 2.70. The topological polar surface area (TPSA) is 80.3 Å². The van der Waals surface area contributed by atoms with Crippen molar-refractivity contribution in [2.45, 2.75) is 95.7 Å². The number of methoxy groups -OCH3 is 1. The van der Waals surface area contributed by atoms with Crippen LogP contribution in [-0.2, 0) is 39.0 Å². The van der Waals surface area contributed by atoms with E-state index < -0.39 is 42.9 Å². The number of aryl methyl sites for hydroxylation is 1. The van der Waals surface area contributed by atoms with Gasteiger partial charge < -0.3 is 23.4 Å². The second-order valence-electron chi connectivity index (χ2n) is 11.3. The Labute approximate surface area is 215 Å². The molecule has 202 valence electrons. The highest BCUT2D eigenvalue weighted by molar-refractivity contribution is 7.85. The highest BCUT2D eigenvalue weighted by atomic mass is 32.2. The van der Waals surface area contributed by atoms with Crippen LogP contribution < -0.4 is 0 Å². The predicted octanol–water partition coefficient (Wildman–Crippen LogP) is 5.23. The van der Waals surface area contributed by atoms with Crippen LogP contribution in [0.5, 0.6) is 0 Å². The lowest BCUT2D eigenvalue weighted by molar-refractivity contribution is -0.166. The van der Waals surface area contributed by atoms with Gasteiger partial charge in [0.15, 0.2) is 8.32 Å². The summed E-state index contributed by atoms with van der Waals surface area (Å²) < 4.78 is 42.2. The van der Waals surface area contributed by atoms with Crippen molar-refractivity contribution < 1.29 is 32.4 Å². The Kier molecular flexibility index (Phi) is 12.8. The van der Waals surface area contributed by atoms with Gasteiger partial charge >= 0.3 is 5.97 Å². The fourth-order valence-corrected chi connectivity index (χ4v) is 5.57. The standard InChI is InChI=1S/C26H46O7SSi/c1-20-11-13-21(14-12-20)34(28)18-23(33-35(9,10)26(5,6)7)22(31-19-30-16-15-29-8)17-24(27)32-25(2,3)4/h11-14,22-23H,15-19H2,1-10H3/t22-,23+,34+/m0/s1. The van der Waals surface area contributed by atoms with Gasteiger partial charge in [-0.25, -0.2) is 0 Å². The number of benzene rings is 1. The lowest BCUT2D eigenvalue weighted by atomic mass is 10.1. The fraction of sp³-hybridized carbons (Fsp3) is 0.731. The zero-order chi connectivity index (χ0) is 26.9. The minimum atomic E-state index is -2.29. The van der Waals surface area contributed by atoms with E-state index in [1.807, 2.05) is 52.0 Å². The second kappa shape index (κ2) is 14.0. The van der Waals surface area contributed by atoms with Crippen LogP contribution in [0.15, 0.2) is 29.2 Å². The van der Waals surface area contributed by atoms with Gasteiger partial charge in [0.1, 0.15) is 12.4 Å². The van der Waals surface area contributed by atoms with E-state index in [4.69, 9.17) is 23.4 Å². The number of esters is 1. The number of carbonyl (C=O) groups is 1. The number of hydrogen-bond acceptors (Lipinski definition) is 7. The Morgan fingerprint density at radius 2 is 1.60 bits per heavy atom. The normalized spacial score (nSPS) is 15.5. The maximum absolute atomic E-state index is 13.4. The van der Waals surface area contributed by atoms with Gasteiger partial charge in [-0.05, 0) is 58.0 Å². The molecular formula is C26H46O7SSi. The van der Waals surface area contributed by atoms with E-state index in [-0.39, 0.29) is 24.0 Å². The highest BCUT2D eigenvalue weighted by Crippen LogP contribution is 2.38. The summed E-state index contributed by atoms with van der Waals surface area (Å²) >= 11 is 0. The van der Waals surface area contributed by atoms with E-state index in [1.165, 1.54) is 0 Å². The summed E-state index contributed by atoms with van der Waals surface area (Å²) in [6.45, 7) is 18.9. The highest BCUT2D eigenvalue weighted by Gasteiger charge is 2.42. The summed E-state index contributed by atoms with van der Waals surface area (Å²) in [5.74, 6) is -0.203. The number of carbonyl (C=O) groups excluding carboxylic acids is 1. The quantitative estimate of drug-likeness (QED) is 0.141. The van der Waals surface area contributed by atoms with Gasteiger partial charge in [-0.3, -0.25) is 9.00 Å². The average molecular weight is 531 g/mol. The lowest BCUT2D eigenvalue weighted by Crippen LogP contribution is -2.50. The van der Waals surface area contributed by atoms with Crippen molar-refractivity contribution in [1.29, 1.82) is 0 Å². The van der Waals surface area contributed by atoms with Crippen LogP contribution in [-0.4, -0.2) is 69.2 Å². The molecule has 1 rings (SSSR count). The van der Waals surface area contributed by atoms with Crippen molar-refractivity contribution >= 4 is 25.1 Å². The van der Waals surface area contributed by atoms with Gasteiger partial charge in [0.2, 0.25) is 0 Å². The first-order valence-electron chi connectivity index (χ1n) is 12.1. The van der Waals surface area contributed by atoms with Crippen molar-refractivity contribution in [2.75, 3.05) is 32.9 Å². The third-order valence-electron chi connectivity index (χ3n) is 5.85. The predicted molar refractivity (Wildman–Crippen MR) is 143 cm³/mol. The van der Waals surface area contributed by atoms with Gasteiger partial charge in [-0.2, -0.15) is 0 Å². The SMILES string of the molecule is COCCOCO[C@@H](CC(=O)OC(C)(C)C)[C@@H](C[S@@](=O)c1ccc(C)cc1)O[Si](C)(C)C(C)(C)C. The van der Waals surface area contributed by atoms with E-state index in [0.29, 0.717) is 18.1 Å². The molecular weight excluding hydrogens is 484 g/mol. The maximum Gasteiger partial charge on any atom is 0.309 e. The molecule has 0 aliphatic carbocycles. The first kappa shape index (κ1) is 31.9. The van der Waals surface area contributed by atoms with E-state index in [0.717, 1.165) is 5.56 Å². The maximum atomic E-state index is 13.4. The van der Waals surface area contributed by atoms with Crippen LogP contribution in [0.1, 0.15) is 53.5 Å². The molecule has 0 unspecified atom stereocenters. The molecule has 0 fully saturated rings. The van der Waals surface area contributed by atoms with E-state index >= 15 is 0 Å². The van der Waals surface area contributed by atoms with Crippen LogP contribution in [0.4, 0.5) is 0 Å². The van der Waals surface area contributed by atoms with E-state index in [2.05, 4.69) is 33.9 Å². The molecule has 1 aromatic rings. The van der Waals surface area contributed by atoms with Gasteiger partial charge in [0.25, 0.3) is 0 Å². The minimum Gasteiger partial charge on any atom is -0.460 e. The molecule has 1 aromatic carbocycles. The summed E-state index contributed by atoms with van der Waals surface area (Å²) in [7, 11) is -2.04. The molecule has 0 amide bonds. The minimum absolute atomic E-state index is 0.0324. The van der Waals surface area contributed by atoms with Crippen molar-refractivity contribution in [2.24, 2.45) is 0 Å². The van der Waals surface area contributed by atoms with Crippen molar-refractivity contribution in [3.8, 4) is 0 Å². The Bertz CT molecular complexity index is 797. The van der Waals surface area contributed by atoms with Crippen LogP contribution in [0.25, 0.3) is 0 Å². The molecule has 0 aliphatic rings. The molecule has 0 aromatic heterocycles. The molecule has 0 saturated carbocycles. The molecule has 7 nitrogen and oxygen atoms in total. The Morgan fingerprint density at radius 3 is 2.11 bits per heavy atom. The molecule has 0 bridgehead atoms. The third kappa shape index (κ3) is 12.1. The van der Waals surface area contributed by atoms with E-state index in [9.17, 15) is 9.00 Å². The smallest absolute Gasteiger partial charge is 0.309 e. The Morgan fingerprint density at radius 1 is 1.00 bits per heavy atom. The zero-order valence-electron chi connectivity index (χ0n) is 23.3. The third-order valence-corrected chi connectivity index (χ3v) is 11.8. The molecule has 9 heteroatoms. The van der Waals surface area contributed by atoms with Gasteiger partial charge in [-0.15, -0.1) is 0 Å². The van der Waals surface area contributed by atoms with Crippen molar-refractivity contribution in [3.05, 3.63) is 29.8 Å². The number of hydrogen-bond donors (Lipinski definition) is 0. The fourth-order valence-electron chi connectivity index (χ4n) is 2.89. The molecule has 35 heavy (non-hydrogen) atoms. The van der Waals surface area contributed by atoms with Gasteiger partial charge in [0, 0.05) is 12.0 Å². The molecule has 0 aliphatic heterocycles. The summed E-state index contributed by atoms with van der Waals surface area (Å²) in [6, 6.07) is 7.61. The lowest BCUT2D eigenvalue weighted by Gasteiger charge is -2.41. The first-order chi connectivity index (χ1) is 16.1. The molecule has 3 atom stereocenters. The van der Waals surface area contributed by atoms with E-state index in [1.54, 1.807) is 7.11 Å². The van der Waals surface area contributed by atoms with Crippen LogP contribution >= 0.6 is 0 Å². The van der Waals surface area contributed by atoms with Crippen LogP contribution in [0, 0.1) is 6.92 Å². The Balaban J connectivity index is 3.22. The van der Waals surface area contributed by atoms with Gasteiger partial charge in [-0.1, -0.05) is 38.5 Å². The molecule has 0 spiro atoms. The largest absolute Gasteiger partial charge is 0.460 e. The van der Waals surface area contributed by atoms with Gasteiger partial charge in [0.05, 0.1) is 48.4 Å². The summed E-state index contributed by atoms with van der Waals surface area (Å²) in [5, 5.41) is -0.0813. The zero-order valence-corrected chi connectivity index (χ0v) is 25.1. The molecule has 0 radical (unpaired) electrons. The van der Waals surface area contributed by atoms with Crippen LogP contribution in [0.3, 0.4) is 0 Å². The molecule has 0 heterocycles. The second-order valence-corrected chi connectivity index (χ2v) is 17.5. The number of rotatable bonds is 14. The van der Waals surface area contributed by atoms with Crippen molar-refractivity contribution in [1.82, 2.24) is 0 Å². The Hall–Kier alpha value is -1.10. The first-order valence-corrected chi connectivity index (χ1v) is 16.3. The van der Waals surface area contributed by atoms with Crippen LogP contribution in [0.2, 0.25) is 18.1 Å². The monoisotopic (exact) mass is 530 g/mol. The summed E-state index contributed by atoms with van der Waals surface area (Å²) in [6.07, 6.45) is -1.30.